The van der Waals surface area contributed by atoms with Crippen LogP contribution in [0.15, 0.2) is 54.2 Å². The van der Waals surface area contributed by atoms with Crippen LogP contribution >= 0.6 is 22.9 Å². The Morgan fingerprint density at radius 1 is 1.15 bits per heavy atom. The topological polar surface area (TPSA) is 81.0 Å². The molecular formula is C19H13ClN4O2S. The molecule has 0 saturated heterocycles. The van der Waals surface area contributed by atoms with E-state index in [1.165, 1.54) is 35.4 Å². The summed E-state index contributed by atoms with van der Waals surface area (Å²) in [6, 6.07) is 12.5. The minimum absolute atomic E-state index is 0.0609. The Hall–Kier alpha value is -3.03. The molecule has 2 heterocycles. The molecule has 6 nitrogen and oxygen atoms in total. The number of hydrogen-bond acceptors (Lipinski definition) is 6. The van der Waals surface area contributed by atoms with E-state index < -0.39 is 4.92 Å². The van der Waals surface area contributed by atoms with E-state index in [1.807, 2.05) is 12.3 Å². The Bertz CT molecular complexity index is 1160. The average molecular weight is 397 g/mol. The molecule has 0 aliphatic rings. The fourth-order valence-electron chi connectivity index (χ4n) is 2.76. The standard InChI is InChI=1S/C19H13ClN4O2S/c1-11-2-4-12(5-3-11)14-9-27-19-17(14)18(21-10-22-19)23-16-7-6-13(24(25)26)8-15(16)20/h2-10H,1H3,(H,21,22,23). The molecule has 2 aromatic carbocycles. The van der Waals surface area contributed by atoms with Gasteiger partial charge in [0.1, 0.15) is 17.0 Å². The number of hydrogen-bond donors (Lipinski definition) is 1. The first-order chi connectivity index (χ1) is 13.0. The number of non-ortho nitro benzene ring substituents is 1. The second kappa shape index (κ2) is 6.94. The van der Waals surface area contributed by atoms with Crippen molar-refractivity contribution in [3.05, 3.63) is 74.9 Å². The van der Waals surface area contributed by atoms with Crippen LogP contribution < -0.4 is 5.32 Å². The lowest BCUT2D eigenvalue weighted by molar-refractivity contribution is -0.384. The number of aryl methyl sites for hydroxylation is 1. The van der Waals surface area contributed by atoms with Crippen LogP contribution in [-0.2, 0) is 0 Å². The van der Waals surface area contributed by atoms with Crippen molar-refractivity contribution in [2.45, 2.75) is 6.92 Å². The lowest BCUT2D eigenvalue weighted by Gasteiger charge is -2.10. The van der Waals surface area contributed by atoms with Crippen LogP contribution in [0, 0.1) is 17.0 Å². The summed E-state index contributed by atoms with van der Waals surface area (Å²) in [5.41, 5.74) is 3.76. The van der Waals surface area contributed by atoms with Gasteiger partial charge in [-0.25, -0.2) is 9.97 Å². The molecule has 0 fully saturated rings. The first kappa shape index (κ1) is 17.4. The molecule has 0 bridgehead atoms. The minimum atomic E-state index is -0.479. The zero-order valence-corrected chi connectivity index (χ0v) is 15.7. The molecule has 4 aromatic rings. The molecule has 27 heavy (non-hydrogen) atoms. The Kier molecular flexibility index (Phi) is 4.47. The molecule has 134 valence electrons. The van der Waals surface area contributed by atoms with Crippen molar-refractivity contribution < 1.29 is 4.92 Å². The maximum absolute atomic E-state index is 10.9. The smallest absolute Gasteiger partial charge is 0.271 e. The van der Waals surface area contributed by atoms with Crippen molar-refractivity contribution in [3.8, 4) is 11.1 Å². The summed E-state index contributed by atoms with van der Waals surface area (Å²) < 4.78 is 0. The van der Waals surface area contributed by atoms with Gasteiger partial charge in [0.15, 0.2) is 0 Å². The van der Waals surface area contributed by atoms with E-state index in [-0.39, 0.29) is 10.7 Å². The van der Waals surface area contributed by atoms with Crippen LogP contribution in [0.25, 0.3) is 21.3 Å². The zero-order chi connectivity index (χ0) is 19.0. The van der Waals surface area contributed by atoms with Crippen LogP contribution in [0.3, 0.4) is 0 Å². The number of benzene rings is 2. The second-order valence-electron chi connectivity index (χ2n) is 5.96. The van der Waals surface area contributed by atoms with E-state index in [1.54, 1.807) is 6.07 Å². The maximum Gasteiger partial charge on any atom is 0.271 e. The van der Waals surface area contributed by atoms with Gasteiger partial charge >= 0.3 is 0 Å². The quantitative estimate of drug-likeness (QED) is 0.339. The van der Waals surface area contributed by atoms with Crippen molar-refractivity contribution in [2.24, 2.45) is 0 Å². The number of fused-ring (bicyclic) bond motifs is 1. The van der Waals surface area contributed by atoms with Gasteiger partial charge in [-0.2, -0.15) is 0 Å². The summed E-state index contributed by atoms with van der Waals surface area (Å²) in [5.74, 6) is 0.604. The molecule has 4 rings (SSSR count). The highest BCUT2D eigenvalue weighted by Gasteiger charge is 2.15. The van der Waals surface area contributed by atoms with Crippen molar-refractivity contribution in [1.82, 2.24) is 9.97 Å². The van der Waals surface area contributed by atoms with Crippen LogP contribution in [0.4, 0.5) is 17.2 Å². The molecular weight excluding hydrogens is 384 g/mol. The van der Waals surface area contributed by atoms with Crippen molar-refractivity contribution >= 4 is 50.3 Å². The van der Waals surface area contributed by atoms with E-state index >= 15 is 0 Å². The lowest BCUT2D eigenvalue weighted by atomic mass is 10.0. The molecule has 0 spiro atoms. The molecule has 0 aliphatic carbocycles. The highest BCUT2D eigenvalue weighted by molar-refractivity contribution is 7.17. The molecule has 0 unspecified atom stereocenters. The lowest BCUT2D eigenvalue weighted by Crippen LogP contribution is -1.97. The summed E-state index contributed by atoms with van der Waals surface area (Å²) in [6.45, 7) is 2.04. The molecule has 0 amide bonds. The average Bonchev–Trinajstić information content (AvgIpc) is 3.09. The number of anilines is 2. The third-order valence-corrected chi connectivity index (χ3v) is 5.35. The normalized spacial score (nSPS) is 10.9. The van der Waals surface area contributed by atoms with E-state index in [9.17, 15) is 10.1 Å². The number of nitro benzene ring substituents is 1. The van der Waals surface area contributed by atoms with Gasteiger partial charge in [0.2, 0.25) is 0 Å². The predicted molar refractivity (Wildman–Crippen MR) is 109 cm³/mol. The summed E-state index contributed by atoms with van der Waals surface area (Å²) in [7, 11) is 0. The SMILES string of the molecule is Cc1ccc(-c2csc3ncnc(Nc4ccc([N+](=O)[O-])cc4Cl)c23)cc1. The predicted octanol–water partition coefficient (Wildman–Crippen LogP) is 5.97. The Labute approximate surface area is 163 Å². The fraction of sp³-hybridized carbons (Fsp3) is 0.0526. The van der Waals surface area contributed by atoms with E-state index in [0.717, 1.165) is 21.3 Å². The number of nitrogens with one attached hydrogen (secondary N) is 1. The van der Waals surface area contributed by atoms with E-state index in [4.69, 9.17) is 11.6 Å². The molecule has 0 atom stereocenters. The summed E-state index contributed by atoms with van der Waals surface area (Å²) >= 11 is 7.75. The first-order valence-electron chi connectivity index (χ1n) is 8.03. The largest absolute Gasteiger partial charge is 0.338 e. The van der Waals surface area contributed by atoms with Crippen LogP contribution in [0.1, 0.15) is 5.56 Å². The third kappa shape index (κ3) is 3.34. The third-order valence-electron chi connectivity index (χ3n) is 4.15. The first-order valence-corrected chi connectivity index (χ1v) is 9.29. The zero-order valence-electron chi connectivity index (χ0n) is 14.1. The van der Waals surface area contributed by atoms with Crippen molar-refractivity contribution in [1.29, 1.82) is 0 Å². The molecule has 0 aliphatic heterocycles. The molecule has 8 heteroatoms. The number of nitro groups is 1. The van der Waals surface area contributed by atoms with Gasteiger partial charge in [0.05, 0.1) is 21.0 Å². The number of thiophene rings is 1. The Balaban J connectivity index is 1.80. The van der Waals surface area contributed by atoms with E-state index in [0.29, 0.717) is 11.5 Å². The maximum atomic E-state index is 10.9. The van der Waals surface area contributed by atoms with Gasteiger partial charge in [0.25, 0.3) is 5.69 Å². The van der Waals surface area contributed by atoms with Gasteiger partial charge in [-0.1, -0.05) is 41.4 Å². The molecule has 0 radical (unpaired) electrons. The van der Waals surface area contributed by atoms with Crippen LogP contribution in [0.5, 0.6) is 0 Å². The minimum Gasteiger partial charge on any atom is -0.338 e. The highest BCUT2D eigenvalue weighted by Crippen LogP contribution is 2.38. The number of aromatic nitrogens is 2. The van der Waals surface area contributed by atoms with Crippen molar-refractivity contribution in [3.63, 3.8) is 0 Å². The van der Waals surface area contributed by atoms with Gasteiger partial charge in [-0.05, 0) is 18.6 Å². The number of halogens is 1. The second-order valence-corrected chi connectivity index (χ2v) is 7.23. The molecule has 1 N–H and O–H groups in total. The summed E-state index contributed by atoms with van der Waals surface area (Å²) in [4.78, 5) is 20.0. The van der Waals surface area contributed by atoms with Crippen LogP contribution in [-0.4, -0.2) is 14.9 Å². The molecule has 0 saturated carbocycles. The van der Waals surface area contributed by atoms with Gasteiger partial charge in [-0.15, -0.1) is 11.3 Å². The monoisotopic (exact) mass is 396 g/mol. The fourth-order valence-corrected chi connectivity index (χ4v) is 3.90. The van der Waals surface area contributed by atoms with Gasteiger partial charge in [-0.3, -0.25) is 10.1 Å². The Morgan fingerprint density at radius 3 is 2.63 bits per heavy atom. The number of rotatable bonds is 4. The number of nitrogens with zero attached hydrogens (tertiary/aromatic N) is 3. The summed E-state index contributed by atoms with van der Waals surface area (Å²) in [5, 5.41) is 17.3. The van der Waals surface area contributed by atoms with E-state index in [2.05, 4.69) is 39.6 Å². The summed E-state index contributed by atoms with van der Waals surface area (Å²) in [6.07, 6.45) is 1.49. The highest BCUT2D eigenvalue weighted by atomic mass is 35.5. The van der Waals surface area contributed by atoms with Gasteiger partial charge in [0, 0.05) is 23.1 Å². The van der Waals surface area contributed by atoms with Gasteiger partial charge < -0.3 is 5.32 Å². The molecule has 2 aromatic heterocycles. The van der Waals surface area contributed by atoms with Crippen LogP contribution in [0.2, 0.25) is 5.02 Å². The Morgan fingerprint density at radius 2 is 1.93 bits per heavy atom. The van der Waals surface area contributed by atoms with Crippen molar-refractivity contribution in [2.75, 3.05) is 5.32 Å².